The van der Waals surface area contributed by atoms with Crippen molar-refractivity contribution < 1.29 is 14.6 Å². The minimum Gasteiger partial charge on any atom is -0.468 e. The Bertz CT molecular complexity index is 539. The van der Waals surface area contributed by atoms with Crippen LogP contribution in [-0.4, -0.2) is 35.7 Å². The molecule has 0 aromatic heterocycles. The molecule has 1 saturated heterocycles. The molecule has 1 aliphatic carbocycles. The molecular formula is C19H25NO3. The van der Waals surface area contributed by atoms with Crippen molar-refractivity contribution >= 4 is 6.47 Å². The molecule has 0 amide bonds. The molecule has 3 atom stereocenters. The average molecular weight is 315 g/mol. The number of carbonyl (C=O) groups is 1. The van der Waals surface area contributed by atoms with Gasteiger partial charge in [-0.1, -0.05) is 36.8 Å². The summed E-state index contributed by atoms with van der Waals surface area (Å²) in [5, 5.41) is 11.1. The highest BCUT2D eigenvalue weighted by Crippen LogP contribution is 2.47. The zero-order valence-electron chi connectivity index (χ0n) is 13.6. The van der Waals surface area contributed by atoms with Gasteiger partial charge < -0.3 is 14.7 Å². The van der Waals surface area contributed by atoms with E-state index in [1.54, 1.807) is 6.92 Å². The van der Waals surface area contributed by atoms with Gasteiger partial charge >= 0.3 is 0 Å². The zero-order valence-corrected chi connectivity index (χ0v) is 13.6. The first kappa shape index (κ1) is 17.4. The SMILES string of the molecule is C#CN1CCC2C1CCCC2(O)c1ccccc1.CCOC=O. The molecule has 0 spiro atoms. The van der Waals surface area contributed by atoms with Crippen molar-refractivity contribution in [3.8, 4) is 12.5 Å². The number of fused-ring (bicyclic) bond motifs is 1. The van der Waals surface area contributed by atoms with Crippen molar-refractivity contribution in [2.24, 2.45) is 5.92 Å². The van der Waals surface area contributed by atoms with Gasteiger partial charge in [0, 0.05) is 24.5 Å². The molecule has 4 heteroatoms. The lowest BCUT2D eigenvalue weighted by Crippen LogP contribution is -2.46. The molecule has 1 saturated carbocycles. The minimum absolute atomic E-state index is 0.282. The van der Waals surface area contributed by atoms with Crippen LogP contribution in [0.3, 0.4) is 0 Å². The van der Waals surface area contributed by atoms with Crippen LogP contribution in [0.1, 0.15) is 38.2 Å². The van der Waals surface area contributed by atoms with Crippen LogP contribution in [0, 0.1) is 18.4 Å². The van der Waals surface area contributed by atoms with Crippen molar-refractivity contribution in [1.29, 1.82) is 0 Å². The summed E-state index contributed by atoms with van der Waals surface area (Å²) < 4.78 is 4.15. The molecule has 4 nitrogen and oxygen atoms in total. The largest absolute Gasteiger partial charge is 0.468 e. The summed E-state index contributed by atoms with van der Waals surface area (Å²) in [6, 6.07) is 13.2. The summed E-state index contributed by atoms with van der Waals surface area (Å²) in [6.07, 6.45) is 9.58. The summed E-state index contributed by atoms with van der Waals surface area (Å²) in [4.78, 5) is 11.3. The van der Waals surface area contributed by atoms with Crippen LogP contribution in [0.5, 0.6) is 0 Å². The number of hydrogen-bond acceptors (Lipinski definition) is 4. The van der Waals surface area contributed by atoms with Crippen LogP contribution in [0.25, 0.3) is 0 Å². The molecule has 124 valence electrons. The van der Waals surface area contributed by atoms with E-state index >= 15 is 0 Å². The van der Waals surface area contributed by atoms with Gasteiger partial charge in [0.25, 0.3) is 6.47 Å². The lowest BCUT2D eigenvalue weighted by Gasteiger charge is -2.43. The number of benzene rings is 1. The number of likely N-dealkylation sites (tertiary alicyclic amines) is 1. The van der Waals surface area contributed by atoms with Crippen LogP contribution in [0.4, 0.5) is 0 Å². The Balaban J connectivity index is 0.000000338. The molecule has 1 N–H and O–H groups in total. The van der Waals surface area contributed by atoms with Crippen LogP contribution < -0.4 is 0 Å². The highest BCUT2D eigenvalue weighted by Gasteiger charge is 2.49. The highest BCUT2D eigenvalue weighted by molar-refractivity contribution is 5.36. The molecule has 0 bridgehead atoms. The number of rotatable bonds is 3. The van der Waals surface area contributed by atoms with E-state index in [1.165, 1.54) is 0 Å². The Labute approximate surface area is 138 Å². The quantitative estimate of drug-likeness (QED) is 0.688. The maximum atomic E-state index is 11.1. The van der Waals surface area contributed by atoms with Gasteiger partial charge in [0.05, 0.1) is 12.2 Å². The third kappa shape index (κ3) is 3.68. The molecule has 0 radical (unpaired) electrons. The number of hydrogen-bond donors (Lipinski definition) is 1. The van der Waals surface area contributed by atoms with E-state index in [0.717, 1.165) is 37.8 Å². The normalized spacial score (nSPS) is 28.8. The smallest absolute Gasteiger partial charge is 0.293 e. The number of carbonyl (C=O) groups excluding carboxylic acids is 1. The molecule has 23 heavy (non-hydrogen) atoms. The summed E-state index contributed by atoms with van der Waals surface area (Å²) in [5.74, 6) is 0.282. The van der Waals surface area contributed by atoms with Gasteiger partial charge in [-0.05, 0) is 38.2 Å². The number of aliphatic hydroxyl groups is 1. The number of nitrogens with zero attached hydrogens (tertiary/aromatic N) is 1. The van der Waals surface area contributed by atoms with Crippen LogP contribution in [0.2, 0.25) is 0 Å². The summed E-state index contributed by atoms with van der Waals surface area (Å²) in [6.45, 7) is 3.58. The standard InChI is InChI=1S/C16H19NO.C3H6O2/c1-2-17-12-10-14-15(17)9-6-11-16(14,18)13-7-4-3-5-8-13;1-2-5-3-4/h1,3-5,7-8,14-15,18H,6,9-12H2;3H,2H2,1H3. The van der Waals surface area contributed by atoms with Crippen LogP contribution >= 0.6 is 0 Å². The Morgan fingerprint density at radius 3 is 2.74 bits per heavy atom. The first-order chi connectivity index (χ1) is 11.2. The molecule has 2 aliphatic rings. The molecule has 1 aromatic carbocycles. The van der Waals surface area contributed by atoms with Gasteiger partial charge in [-0.15, -0.1) is 0 Å². The molecule has 3 rings (SSSR count). The van der Waals surface area contributed by atoms with Crippen LogP contribution in [0.15, 0.2) is 30.3 Å². The molecule has 3 unspecified atom stereocenters. The number of ether oxygens (including phenoxy) is 1. The molecule has 1 aliphatic heterocycles. The molecule has 1 aromatic rings. The van der Waals surface area contributed by atoms with Crippen molar-refractivity contribution in [1.82, 2.24) is 4.90 Å². The second kappa shape index (κ2) is 8.03. The second-order valence-corrected chi connectivity index (χ2v) is 6.02. The predicted molar refractivity (Wildman–Crippen MR) is 89.3 cm³/mol. The maximum Gasteiger partial charge on any atom is 0.293 e. The van der Waals surface area contributed by atoms with E-state index in [2.05, 4.69) is 15.7 Å². The third-order valence-electron chi connectivity index (χ3n) is 4.89. The Hall–Kier alpha value is -1.99. The van der Waals surface area contributed by atoms with E-state index < -0.39 is 5.60 Å². The van der Waals surface area contributed by atoms with Gasteiger partial charge in [-0.3, -0.25) is 4.79 Å². The lowest BCUT2D eigenvalue weighted by molar-refractivity contribution is -0.128. The molecule has 1 heterocycles. The summed E-state index contributed by atoms with van der Waals surface area (Å²) in [7, 11) is 0. The first-order valence-electron chi connectivity index (χ1n) is 8.23. The Morgan fingerprint density at radius 1 is 1.43 bits per heavy atom. The van der Waals surface area contributed by atoms with Crippen molar-refractivity contribution in [2.45, 2.75) is 44.2 Å². The van der Waals surface area contributed by atoms with Gasteiger partial charge in [0.2, 0.25) is 0 Å². The van der Waals surface area contributed by atoms with Gasteiger partial charge in [-0.25, -0.2) is 0 Å². The van der Waals surface area contributed by atoms with E-state index in [4.69, 9.17) is 6.42 Å². The zero-order chi connectivity index (χ0) is 16.7. The van der Waals surface area contributed by atoms with Crippen LogP contribution in [-0.2, 0) is 15.1 Å². The van der Waals surface area contributed by atoms with Gasteiger partial charge in [0.1, 0.15) is 0 Å². The van der Waals surface area contributed by atoms with Crippen molar-refractivity contribution in [2.75, 3.05) is 13.2 Å². The fraction of sp³-hybridized carbons (Fsp3) is 0.526. The average Bonchev–Trinajstić information content (AvgIpc) is 3.02. The van der Waals surface area contributed by atoms with Crippen molar-refractivity contribution in [3.05, 3.63) is 35.9 Å². The topological polar surface area (TPSA) is 49.8 Å². The highest BCUT2D eigenvalue weighted by atomic mass is 16.5. The third-order valence-corrected chi connectivity index (χ3v) is 4.89. The van der Waals surface area contributed by atoms with E-state index in [-0.39, 0.29) is 5.92 Å². The summed E-state index contributed by atoms with van der Waals surface area (Å²) in [5.41, 5.74) is 0.369. The van der Waals surface area contributed by atoms with E-state index in [9.17, 15) is 9.90 Å². The van der Waals surface area contributed by atoms with Gasteiger partial charge in [0.15, 0.2) is 0 Å². The predicted octanol–water partition coefficient (Wildman–Crippen LogP) is 2.52. The van der Waals surface area contributed by atoms with E-state index in [1.807, 2.05) is 30.3 Å². The fourth-order valence-electron chi connectivity index (χ4n) is 3.85. The molecule has 2 fully saturated rings. The maximum absolute atomic E-state index is 11.1. The minimum atomic E-state index is -0.685. The van der Waals surface area contributed by atoms with Crippen molar-refractivity contribution in [3.63, 3.8) is 0 Å². The molecular weight excluding hydrogens is 290 g/mol. The van der Waals surface area contributed by atoms with Gasteiger partial charge in [-0.2, -0.15) is 0 Å². The Morgan fingerprint density at radius 2 is 2.17 bits per heavy atom. The number of terminal acetylenes is 1. The summed E-state index contributed by atoms with van der Waals surface area (Å²) >= 11 is 0. The fourth-order valence-corrected chi connectivity index (χ4v) is 3.85. The first-order valence-corrected chi connectivity index (χ1v) is 8.23. The van der Waals surface area contributed by atoms with E-state index in [0.29, 0.717) is 19.1 Å². The lowest BCUT2D eigenvalue weighted by atomic mass is 9.69. The monoisotopic (exact) mass is 315 g/mol. The second-order valence-electron chi connectivity index (χ2n) is 6.02. The Kier molecular flexibility index (Phi) is 6.06.